The van der Waals surface area contributed by atoms with Crippen LogP contribution < -0.4 is 4.72 Å². The van der Waals surface area contributed by atoms with E-state index >= 15 is 0 Å². The number of hydrogen-bond donors (Lipinski definition) is 1. The molecule has 1 aliphatic rings. The minimum atomic E-state index is -3.26. The molecule has 0 aromatic carbocycles. The minimum Gasteiger partial charge on any atom is -0.198 e. The Hall–Kier alpha value is 0.350. The van der Waals surface area contributed by atoms with Gasteiger partial charge >= 0.3 is 0 Å². The molecule has 0 bridgehead atoms. The van der Waals surface area contributed by atoms with Crippen LogP contribution in [-0.4, -0.2) is 37.2 Å². The third kappa shape index (κ3) is 4.31. The van der Waals surface area contributed by atoms with Crippen molar-refractivity contribution in [2.45, 2.75) is 39.2 Å². The molecule has 1 fully saturated rings. The van der Waals surface area contributed by atoms with E-state index in [9.17, 15) is 8.42 Å². The lowest BCUT2D eigenvalue weighted by Gasteiger charge is -2.22. The maximum absolute atomic E-state index is 12.0. The number of nitrogens with one attached hydrogen (secondary N) is 1. The monoisotopic (exact) mass is 312 g/mol. The molecule has 0 radical (unpaired) electrons. The summed E-state index contributed by atoms with van der Waals surface area (Å²) < 4.78 is 28.3. The first-order chi connectivity index (χ1) is 7.45. The maximum atomic E-state index is 12.0. The van der Waals surface area contributed by atoms with Crippen LogP contribution in [0.15, 0.2) is 0 Å². The van der Waals surface area contributed by atoms with Gasteiger partial charge < -0.3 is 0 Å². The van der Waals surface area contributed by atoms with E-state index in [1.165, 1.54) is 0 Å². The zero-order chi connectivity index (χ0) is 12.2. The van der Waals surface area contributed by atoms with E-state index in [1.54, 1.807) is 4.31 Å². The number of rotatable bonds is 6. The molecule has 0 aromatic rings. The Morgan fingerprint density at radius 3 is 2.31 bits per heavy atom. The first-order valence-electron chi connectivity index (χ1n) is 5.79. The summed E-state index contributed by atoms with van der Waals surface area (Å²) in [5.74, 6) is 0.490. The molecule has 1 N–H and O–H groups in total. The number of hydrogen-bond acceptors (Lipinski definition) is 2. The molecule has 1 aliphatic heterocycles. The summed E-state index contributed by atoms with van der Waals surface area (Å²) in [6.45, 7) is 5.51. The van der Waals surface area contributed by atoms with Gasteiger partial charge in [0.25, 0.3) is 10.2 Å². The Kier molecular flexibility index (Phi) is 5.70. The molecule has 1 atom stereocenters. The largest absolute Gasteiger partial charge is 0.279 e. The predicted molar refractivity (Wildman–Crippen MR) is 69.9 cm³/mol. The zero-order valence-corrected chi connectivity index (χ0v) is 12.3. The molecule has 16 heavy (non-hydrogen) atoms. The molecular weight excluding hydrogens is 292 g/mol. The van der Waals surface area contributed by atoms with Crippen LogP contribution in [0.3, 0.4) is 0 Å². The van der Waals surface area contributed by atoms with E-state index in [0.717, 1.165) is 19.3 Å². The highest BCUT2D eigenvalue weighted by Gasteiger charge is 2.27. The minimum absolute atomic E-state index is 0.00870. The molecule has 1 rings (SSSR count). The fraction of sp³-hybridized carbons (Fsp3) is 1.00. The van der Waals surface area contributed by atoms with Crippen LogP contribution in [0.2, 0.25) is 0 Å². The molecule has 96 valence electrons. The van der Waals surface area contributed by atoms with Gasteiger partial charge in [-0.2, -0.15) is 17.4 Å². The van der Waals surface area contributed by atoms with Crippen molar-refractivity contribution in [2.75, 3.05) is 18.4 Å². The van der Waals surface area contributed by atoms with Crippen molar-refractivity contribution in [1.82, 2.24) is 9.03 Å². The Bertz CT molecular complexity index is 300. The van der Waals surface area contributed by atoms with Gasteiger partial charge in [0.15, 0.2) is 0 Å². The molecule has 1 unspecified atom stereocenters. The molecule has 4 nitrogen and oxygen atoms in total. The van der Waals surface area contributed by atoms with Gasteiger partial charge in [-0.25, -0.2) is 0 Å². The van der Waals surface area contributed by atoms with E-state index < -0.39 is 10.2 Å². The van der Waals surface area contributed by atoms with Crippen LogP contribution in [0, 0.1) is 5.92 Å². The van der Waals surface area contributed by atoms with Gasteiger partial charge in [-0.15, -0.1) is 0 Å². The smallest absolute Gasteiger partial charge is 0.198 e. The van der Waals surface area contributed by atoms with Crippen molar-refractivity contribution in [3.05, 3.63) is 0 Å². The second-order valence-electron chi connectivity index (χ2n) is 4.71. The standard InChI is InChI=1S/C10H21BrN2O2S/c1-9(2)7-10(8-11)12-16(14,15)13-5-3-4-6-13/h9-10,12H,3-8H2,1-2H3. The third-order valence-corrected chi connectivity index (χ3v) is 5.12. The predicted octanol–water partition coefficient (Wildman–Crippen LogP) is 1.73. The SMILES string of the molecule is CC(C)CC(CBr)NS(=O)(=O)N1CCCC1. The quantitative estimate of drug-likeness (QED) is 0.759. The lowest BCUT2D eigenvalue weighted by Crippen LogP contribution is -2.45. The van der Waals surface area contributed by atoms with E-state index in [2.05, 4.69) is 34.5 Å². The molecule has 0 aliphatic carbocycles. The van der Waals surface area contributed by atoms with Crippen molar-refractivity contribution in [2.24, 2.45) is 5.92 Å². The van der Waals surface area contributed by atoms with Gasteiger partial charge in [-0.3, -0.25) is 0 Å². The average Bonchev–Trinajstić information content (AvgIpc) is 2.68. The fourth-order valence-electron chi connectivity index (χ4n) is 1.93. The molecule has 0 amide bonds. The summed E-state index contributed by atoms with van der Waals surface area (Å²) in [5.41, 5.74) is 0. The first kappa shape index (κ1) is 14.4. The van der Waals surface area contributed by atoms with Crippen LogP contribution in [0.1, 0.15) is 33.1 Å². The van der Waals surface area contributed by atoms with Gasteiger partial charge in [0, 0.05) is 24.5 Å². The highest BCUT2D eigenvalue weighted by molar-refractivity contribution is 9.09. The summed E-state index contributed by atoms with van der Waals surface area (Å²) in [5, 5.41) is 0.665. The van der Waals surface area contributed by atoms with Crippen molar-refractivity contribution < 1.29 is 8.42 Å². The summed E-state index contributed by atoms with van der Waals surface area (Å²) in [6.07, 6.45) is 2.81. The summed E-state index contributed by atoms with van der Waals surface area (Å²) in [7, 11) is -3.26. The van der Waals surface area contributed by atoms with E-state index in [-0.39, 0.29) is 6.04 Å². The molecular formula is C10H21BrN2O2S. The molecule has 1 heterocycles. The summed E-state index contributed by atoms with van der Waals surface area (Å²) in [4.78, 5) is 0. The van der Waals surface area contributed by atoms with Gasteiger partial charge in [0.2, 0.25) is 0 Å². The fourth-order valence-corrected chi connectivity index (χ4v) is 4.05. The van der Waals surface area contributed by atoms with Crippen LogP contribution in [0.4, 0.5) is 0 Å². The highest BCUT2D eigenvalue weighted by atomic mass is 79.9. The van der Waals surface area contributed by atoms with Gasteiger partial charge in [-0.1, -0.05) is 29.8 Å². The van der Waals surface area contributed by atoms with Gasteiger partial charge in [-0.05, 0) is 25.2 Å². The maximum Gasteiger partial charge on any atom is 0.279 e. The van der Waals surface area contributed by atoms with E-state index in [1.807, 2.05) is 0 Å². The van der Waals surface area contributed by atoms with Crippen molar-refractivity contribution in [3.8, 4) is 0 Å². The zero-order valence-electron chi connectivity index (χ0n) is 9.95. The molecule has 6 heteroatoms. The van der Waals surface area contributed by atoms with Crippen molar-refractivity contribution >= 4 is 26.1 Å². The van der Waals surface area contributed by atoms with E-state index in [4.69, 9.17) is 0 Å². The Labute approximate surface area is 107 Å². The van der Waals surface area contributed by atoms with Crippen molar-refractivity contribution in [1.29, 1.82) is 0 Å². The van der Waals surface area contributed by atoms with Gasteiger partial charge in [0.05, 0.1) is 0 Å². The summed E-state index contributed by atoms with van der Waals surface area (Å²) in [6, 6.07) is -0.00870. The molecule has 1 saturated heterocycles. The number of halogens is 1. The highest BCUT2D eigenvalue weighted by Crippen LogP contribution is 2.14. The average molecular weight is 313 g/mol. The Morgan fingerprint density at radius 2 is 1.88 bits per heavy atom. The Balaban J connectivity index is 2.55. The number of alkyl halides is 1. The first-order valence-corrected chi connectivity index (χ1v) is 8.35. The normalized spacial score (nSPS) is 20.5. The van der Waals surface area contributed by atoms with Crippen LogP contribution >= 0.6 is 15.9 Å². The third-order valence-electron chi connectivity index (χ3n) is 2.66. The second-order valence-corrected chi connectivity index (χ2v) is 7.06. The van der Waals surface area contributed by atoms with Crippen molar-refractivity contribution in [3.63, 3.8) is 0 Å². The second kappa shape index (κ2) is 6.33. The van der Waals surface area contributed by atoms with Crippen LogP contribution in [-0.2, 0) is 10.2 Å². The summed E-state index contributed by atoms with van der Waals surface area (Å²) >= 11 is 3.36. The molecule has 0 aromatic heterocycles. The lowest BCUT2D eigenvalue weighted by atomic mass is 10.1. The number of nitrogens with zero attached hydrogens (tertiary/aromatic N) is 1. The van der Waals surface area contributed by atoms with Crippen LogP contribution in [0.5, 0.6) is 0 Å². The van der Waals surface area contributed by atoms with E-state index in [0.29, 0.717) is 24.3 Å². The Morgan fingerprint density at radius 1 is 1.31 bits per heavy atom. The molecule has 0 spiro atoms. The topological polar surface area (TPSA) is 49.4 Å². The van der Waals surface area contributed by atoms with Gasteiger partial charge in [0.1, 0.15) is 0 Å². The molecule has 0 saturated carbocycles. The van der Waals surface area contributed by atoms with Crippen LogP contribution in [0.25, 0.3) is 0 Å². The lowest BCUT2D eigenvalue weighted by molar-refractivity contribution is 0.437.